The monoisotopic (exact) mass is 638 g/mol. The second-order valence-corrected chi connectivity index (χ2v) is 14.2. The zero-order valence-electron chi connectivity index (χ0n) is 26.9. The summed E-state index contributed by atoms with van der Waals surface area (Å²) < 4.78 is 11.2. The van der Waals surface area contributed by atoms with Gasteiger partial charge in [-0.3, -0.25) is 14.7 Å². The molecule has 0 fully saturated rings. The highest BCUT2D eigenvalue weighted by Crippen LogP contribution is 2.30. The Kier molecular flexibility index (Phi) is 12.5. The number of rotatable bonds is 13. The lowest BCUT2D eigenvalue weighted by Crippen LogP contribution is -2.62. The summed E-state index contributed by atoms with van der Waals surface area (Å²) in [5.74, 6) is -0.727. The average Bonchev–Trinajstić information content (AvgIpc) is 3.46. The fraction of sp³-hybridized carbons (Fsp3) is 0.471. The number of hydrogen-bond acceptors (Lipinski definition) is 8. The predicted molar refractivity (Wildman–Crippen MR) is 174 cm³/mol. The molecular weight excluding hydrogens is 592 g/mol. The standard InChI is InChI=1S/C34H46N4O6S/c1-33(2,3)29(30(35)40)38(32(42)43-21-26-20-36-22-45-26)27(18-24-15-11-8-12-16-24)28(39)19-25(17-23-13-9-7-10-14-23)37-31(41)44-34(4,5)6/h7-16,20,22,25,27-29,39H,17-19,21H2,1-6H3,(H2,35,40)(H,37,41)/t25-,27-,28-,29+/m0/s1. The number of aliphatic hydroxyl groups excluding tert-OH is 1. The smallest absolute Gasteiger partial charge is 0.411 e. The second kappa shape index (κ2) is 15.9. The Bertz CT molecular complexity index is 1360. The van der Waals surface area contributed by atoms with Gasteiger partial charge in [-0.2, -0.15) is 0 Å². The topological polar surface area (TPSA) is 144 Å². The van der Waals surface area contributed by atoms with E-state index in [1.165, 1.54) is 16.2 Å². The van der Waals surface area contributed by atoms with E-state index >= 15 is 0 Å². The molecule has 45 heavy (non-hydrogen) atoms. The number of carbonyl (C=O) groups excluding carboxylic acids is 3. The third-order valence-corrected chi connectivity index (χ3v) is 7.81. The number of aromatic nitrogens is 1. The molecule has 11 heteroatoms. The van der Waals surface area contributed by atoms with Crippen molar-refractivity contribution in [3.05, 3.63) is 88.4 Å². The summed E-state index contributed by atoms with van der Waals surface area (Å²) >= 11 is 1.33. The molecule has 0 unspecified atom stereocenters. The lowest BCUT2D eigenvalue weighted by molar-refractivity contribution is -0.129. The van der Waals surface area contributed by atoms with E-state index in [1.54, 1.807) is 53.2 Å². The number of aliphatic hydroxyl groups is 1. The van der Waals surface area contributed by atoms with E-state index in [9.17, 15) is 19.5 Å². The number of nitrogens with two attached hydrogens (primary N) is 1. The molecule has 0 bridgehead atoms. The van der Waals surface area contributed by atoms with Crippen molar-refractivity contribution in [1.29, 1.82) is 0 Å². The van der Waals surface area contributed by atoms with Crippen LogP contribution in [0, 0.1) is 5.41 Å². The minimum atomic E-state index is -1.21. The Morgan fingerprint density at radius 2 is 1.53 bits per heavy atom. The van der Waals surface area contributed by atoms with E-state index in [1.807, 2.05) is 60.7 Å². The van der Waals surface area contributed by atoms with E-state index in [4.69, 9.17) is 15.2 Å². The van der Waals surface area contributed by atoms with Gasteiger partial charge < -0.3 is 25.6 Å². The number of benzene rings is 2. The molecule has 0 saturated carbocycles. The number of amides is 3. The molecule has 3 amide bonds. The van der Waals surface area contributed by atoms with Crippen molar-refractivity contribution in [1.82, 2.24) is 15.2 Å². The van der Waals surface area contributed by atoms with Crippen LogP contribution in [0.5, 0.6) is 0 Å². The minimum absolute atomic E-state index is 0.0416. The van der Waals surface area contributed by atoms with Gasteiger partial charge in [-0.15, -0.1) is 11.3 Å². The molecule has 0 saturated heterocycles. The fourth-order valence-electron chi connectivity index (χ4n) is 5.22. The molecule has 0 aliphatic rings. The molecule has 1 aromatic heterocycles. The third-order valence-electron chi connectivity index (χ3n) is 7.06. The summed E-state index contributed by atoms with van der Waals surface area (Å²) in [6.45, 7) is 10.7. The van der Waals surface area contributed by atoms with Gasteiger partial charge in [0, 0.05) is 12.2 Å². The molecule has 4 atom stereocenters. The Labute approximate surface area is 269 Å². The summed E-state index contributed by atoms with van der Waals surface area (Å²) in [5.41, 5.74) is 7.84. The van der Waals surface area contributed by atoms with Gasteiger partial charge in [-0.1, -0.05) is 81.4 Å². The number of hydrogen-bond donors (Lipinski definition) is 3. The molecule has 244 valence electrons. The van der Waals surface area contributed by atoms with Gasteiger partial charge in [0.2, 0.25) is 5.91 Å². The average molecular weight is 639 g/mol. The maximum Gasteiger partial charge on any atom is 0.411 e. The Morgan fingerprint density at radius 1 is 0.956 bits per heavy atom. The molecule has 2 aromatic carbocycles. The van der Waals surface area contributed by atoms with Gasteiger partial charge in [0.1, 0.15) is 18.2 Å². The first-order valence-electron chi connectivity index (χ1n) is 15.0. The second-order valence-electron chi connectivity index (χ2n) is 13.2. The molecule has 0 aliphatic heterocycles. The third kappa shape index (κ3) is 11.5. The summed E-state index contributed by atoms with van der Waals surface area (Å²) in [7, 11) is 0. The summed E-state index contributed by atoms with van der Waals surface area (Å²) in [5, 5.41) is 14.9. The van der Waals surface area contributed by atoms with E-state index in [0.29, 0.717) is 6.42 Å². The minimum Gasteiger partial charge on any atom is -0.444 e. The molecule has 3 aromatic rings. The molecule has 0 aliphatic carbocycles. The Hall–Kier alpha value is -3.96. The van der Waals surface area contributed by atoms with Crippen LogP contribution in [-0.4, -0.2) is 62.9 Å². The predicted octanol–water partition coefficient (Wildman–Crippen LogP) is 5.48. The van der Waals surface area contributed by atoms with E-state index in [-0.39, 0.29) is 19.4 Å². The summed E-state index contributed by atoms with van der Waals surface area (Å²) in [6.07, 6.45) is -0.396. The van der Waals surface area contributed by atoms with E-state index in [2.05, 4.69) is 10.3 Å². The molecule has 3 rings (SSSR count). The highest BCUT2D eigenvalue weighted by atomic mass is 32.1. The van der Waals surface area contributed by atoms with Crippen molar-refractivity contribution in [3.8, 4) is 0 Å². The van der Waals surface area contributed by atoms with Crippen molar-refractivity contribution in [2.24, 2.45) is 11.1 Å². The number of thiazole rings is 1. The van der Waals surface area contributed by atoms with Crippen LogP contribution in [-0.2, 0) is 33.7 Å². The Morgan fingerprint density at radius 3 is 2.02 bits per heavy atom. The first kappa shape index (κ1) is 35.5. The van der Waals surface area contributed by atoms with Gasteiger partial charge >= 0.3 is 12.2 Å². The quantitative estimate of drug-likeness (QED) is 0.225. The van der Waals surface area contributed by atoms with Crippen LogP contribution < -0.4 is 11.1 Å². The van der Waals surface area contributed by atoms with Crippen LogP contribution in [0.15, 0.2) is 72.4 Å². The van der Waals surface area contributed by atoms with Crippen LogP contribution in [0.2, 0.25) is 0 Å². The molecule has 0 spiro atoms. The molecule has 1 heterocycles. The number of nitrogens with zero attached hydrogens (tertiary/aromatic N) is 2. The molecule has 10 nitrogen and oxygen atoms in total. The summed E-state index contributed by atoms with van der Waals surface area (Å²) in [6, 6.07) is 16.3. The van der Waals surface area contributed by atoms with Crippen LogP contribution in [0.4, 0.5) is 9.59 Å². The highest BCUT2D eigenvalue weighted by Gasteiger charge is 2.45. The number of nitrogens with one attached hydrogen (secondary N) is 1. The van der Waals surface area contributed by atoms with Crippen molar-refractivity contribution in [3.63, 3.8) is 0 Å². The lowest BCUT2D eigenvalue weighted by atomic mass is 9.82. The molecule has 0 radical (unpaired) electrons. The largest absolute Gasteiger partial charge is 0.444 e. The van der Waals surface area contributed by atoms with Gasteiger partial charge in [-0.05, 0) is 56.6 Å². The molecule has 4 N–H and O–H groups in total. The van der Waals surface area contributed by atoms with Gasteiger partial charge in [0.25, 0.3) is 0 Å². The first-order chi connectivity index (χ1) is 21.1. The maximum atomic E-state index is 14.0. The van der Waals surface area contributed by atoms with Crippen molar-refractivity contribution < 1.29 is 29.0 Å². The normalized spacial score (nSPS) is 14.5. The first-order valence-corrected chi connectivity index (χ1v) is 15.9. The zero-order chi connectivity index (χ0) is 33.2. The van der Waals surface area contributed by atoms with Crippen molar-refractivity contribution >= 4 is 29.4 Å². The molecular formula is C34H46N4O6S. The van der Waals surface area contributed by atoms with Crippen LogP contribution in [0.25, 0.3) is 0 Å². The van der Waals surface area contributed by atoms with Crippen LogP contribution >= 0.6 is 11.3 Å². The van der Waals surface area contributed by atoms with Crippen molar-refractivity contribution in [2.45, 2.75) is 97.2 Å². The Balaban J connectivity index is 2.03. The van der Waals surface area contributed by atoms with E-state index < -0.39 is 53.3 Å². The van der Waals surface area contributed by atoms with Crippen LogP contribution in [0.3, 0.4) is 0 Å². The lowest BCUT2D eigenvalue weighted by Gasteiger charge is -2.43. The highest BCUT2D eigenvalue weighted by molar-refractivity contribution is 7.09. The van der Waals surface area contributed by atoms with Gasteiger partial charge in [-0.25, -0.2) is 9.59 Å². The number of primary amides is 1. The number of carbonyl (C=O) groups is 3. The maximum absolute atomic E-state index is 14.0. The van der Waals surface area contributed by atoms with Gasteiger partial charge in [0.15, 0.2) is 0 Å². The fourth-order valence-corrected chi connectivity index (χ4v) is 5.73. The number of ether oxygens (including phenoxy) is 2. The SMILES string of the molecule is CC(C)(C)OC(=O)N[C@@H](Cc1ccccc1)C[C@H](O)[C@H](Cc1ccccc1)N(C(=O)OCc1cncs1)[C@H](C(N)=O)C(C)(C)C. The van der Waals surface area contributed by atoms with Gasteiger partial charge in [0.05, 0.1) is 22.5 Å². The van der Waals surface area contributed by atoms with E-state index in [0.717, 1.165) is 16.0 Å². The number of alkyl carbamates (subject to hydrolysis) is 1. The zero-order valence-corrected chi connectivity index (χ0v) is 27.8. The van der Waals surface area contributed by atoms with Crippen molar-refractivity contribution in [2.75, 3.05) is 0 Å². The van der Waals surface area contributed by atoms with Crippen LogP contribution in [0.1, 0.15) is 64.0 Å². The summed E-state index contributed by atoms with van der Waals surface area (Å²) in [4.78, 5) is 46.0.